The topological polar surface area (TPSA) is 21.7 Å². The zero-order chi connectivity index (χ0) is 19.3. The van der Waals surface area contributed by atoms with Crippen molar-refractivity contribution < 1.29 is 9.47 Å². The summed E-state index contributed by atoms with van der Waals surface area (Å²) in [6.07, 6.45) is 1.70. The summed E-state index contributed by atoms with van der Waals surface area (Å²) >= 11 is 0. The van der Waals surface area contributed by atoms with E-state index in [0.717, 1.165) is 38.4 Å². The van der Waals surface area contributed by atoms with Crippen LogP contribution in [0.3, 0.4) is 0 Å². The van der Waals surface area contributed by atoms with E-state index in [9.17, 15) is 0 Å². The van der Waals surface area contributed by atoms with E-state index in [1.807, 2.05) is 0 Å². The molecule has 0 aliphatic carbocycles. The Morgan fingerprint density at radius 2 is 1.52 bits per heavy atom. The first-order valence-electron chi connectivity index (χ1n) is 10.1. The Labute approximate surface area is 164 Å². The van der Waals surface area contributed by atoms with Crippen LogP contribution in [0, 0.1) is 0 Å². The summed E-state index contributed by atoms with van der Waals surface area (Å²) in [7, 11) is 0. The number of hydrogen-bond acceptors (Lipinski definition) is 3. The molecular weight excluding hydrogens is 334 g/mol. The molecular formula is C24H33NO2. The Bertz CT molecular complexity index is 686. The van der Waals surface area contributed by atoms with E-state index in [1.54, 1.807) is 0 Å². The average molecular weight is 368 g/mol. The van der Waals surface area contributed by atoms with Crippen molar-refractivity contribution in [3.8, 4) is 5.75 Å². The molecule has 0 bridgehead atoms. The highest BCUT2D eigenvalue weighted by Crippen LogP contribution is 2.32. The standard InChI is InChI=1S/C24H33NO2/c1-19-17-25(18-20(2)27-19)15-8-16-26-23-13-11-22(12-14-23)24(3,4)21-9-6-5-7-10-21/h5-7,9-14,19-20H,8,15-18H2,1-4H3/t19-,20+. The van der Waals surface area contributed by atoms with Crippen molar-refractivity contribution in [2.45, 2.75) is 51.7 Å². The largest absolute Gasteiger partial charge is 0.494 e. The lowest BCUT2D eigenvalue weighted by molar-refractivity contribution is -0.0686. The van der Waals surface area contributed by atoms with Gasteiger partial charge in [0.05, 0.1) is 18.8 Å². The van der Waals surface area contributed by atoms with Gasteiger partial charge in [-0.1, -0.05) is 56.3 Å². The number of hydrogen-bond donors (Lipinski definition) is 0. The van der Waals surface area contributed by atoms with Gasteiger partial charge in [0.25, 0.3) is 0 Å². The maximum atomic E-state index is 5.97. The fourth-order valence-electron chi connectivity index (χ4n) is 3.93. The molecule has 0 unspecified atom stereocenters. The second-order valence-corrected chi connectivity index (χ2v) is 8.23. The van der Waals surface area contributed by atoms with Gasteiger partial charge in [-0.25, -0.2) is 0 Å². The third kappa shape index (κ3) is 5.33. The molecule has 1 saturated heterocycles. The Hall–Kier alpha value is -1.84. The predicted octanol–water partition coefficient (Wildman–Crippen LogP) is 4.89. The number of morpholine rings is 1. The number of ether oxygens (including phenoxy) is 2. The van der Waals surface area contributed by atoms with Crippen LogP contribution in [0.2, 0.25) is 0 Å². The van der Waals surface area contributed by atoms with Gasteiger partial charge in [-0.15, -0.1) is 0 Å². The van der Waals surface area contributed by atoms with Gasteiger partial charge in [0.15, 0.2) is 0 Å². The molecule has 0 spiro atoms. The summed E-state index contributed by atoms with van der Waals surface area (Å²) in [4.78, 5) is 2.48. The minimum Gasteiger partial charge on any atom is -0.494 e. The first-order valence-corrected chi connectivity index (χ1v) is 10.1. The molecule has 2 aromatic rings. The highest BCUT2D eigenvalue weighted by molar-refractivity contribution is 5.39. The maximum Gasteiger partial charge on any atom is 0.119 e. The molecule has 27 heavy (non-hydrogen) atoms. The quantitative estimate of drug-likeness (QED) is 0.650. The Morgan fingerprint density at radius 3 is 2.15 bits per heavy atom. The lowest BCUT2D eigenvalue weighted by atomic mass is 9.78. The van der Waals surface area contributed by atoms with Gasteiger partial charge in [-0.3, -0.25) is 4.90 Å². The molecule has 1 aliphatic heterocycles. The molecule has 0 amide bonds. The molecule has 3 rings (SSSR count). The van der Waals surface area contributed by atoms with Crippen molar-refractivity contribution >= 4 is 0 Å². The fraction of sp³-hybridized carbons (Fsp3) is 0.500. The van der Waals surface area contributed by atoms with E-state index >= 15 is 0 Å². The number of nitrogens with zero attached hydrogens (tertiary/aromatic N) is 1. The Morgan fingerprint density at radius 1 is 0.926 bits per heavy atom. The molecule has 146 valence electrons. The van der Waals surface area contributed by atoms with Crippen LogP contribution in [0.1, 0.15) is 45.2 Å². The van der Waals surface area contributed by atoms with Gasteiger partial charge in [0, 0.05) is 25.0 Å². The van der Waals surface area contributed by atoms with Gasteiger partial charge in [-0.2, -0.15) is 0 Å². The van der Waals surface area contributed by atoms with Crippen LogP contribution < -0.4 is 4.74 Å². The maximum absolute atomic E-state index is 5.97. The second kappa shape index (κ2) is 8.90. The van der Waals surface area contributed by atoms with Crippen LogP contribution in [0.15, 0.2) is 54.6 Å². The molecule has 0 aromatic heterocycles. The van der Waals surface area contributed by atoms with Gasteiger partial charge in [0.1, 0.15) is 5.75 Å². The second-order valence-electron chi connectivity index (χ2n) is 8.23. The summed E-state index contributed by atoms with van der Waals surface area (Å²) in [5, 5.41) is 0. The smallest absolute Gasteiger partial charge is 0.119 e. The SMILES string of the molecule is C[C@@H]1CN(CCCOc2ccc(C(C)(C)c3ccccc3)cc2)C[C@H](C)O1. The zero-order valence-electron chi connectivity index (χ0n) is 17.2. The van der Waals surface area contributed by atoms with E-state index < -0.39 is 0 Å². The molecule has 1 heterocycles. The lowest BCUT2D eigenvalue weighted by Gasteiger charge is -2.35. The molecule has 2 atom stereocenters. The summed E-state index contributed by atoms with van der Waals surface area (Å²) in [5.74, 6) is 0.950. The molecule has 0 saturated carbocycles. The van der Waals surface area contributed by atoms with Crippen molar-refractivity contribution in [1.82, 2.24) is 4.90 Å². The molecule has 2 aromatic carbocycles. The van der Waals surface area contributed by atoms with Crippen LogP contribution >= 0.6 is 0 Å². The highest BCUT2D eigenvalue weighted by atomic mass is 16.5. The number of benzene rings is 2. The van der Waals surface area contributed by atoms with Crippen LogP contribution in [-0.4, -0.2) is 43.3 Å². The van der Waals surface area contributed by atoms with Gasteiger partial charge in [0.2, 0.25) is 0 Å². The molecule has 3 heteroatoms. The summed E-state index contributed by atoms with van der Waals surface area (Å²) in [6, 6.07) is 19.2. The molecule has 0 radical (unpaired) electrons. The van der Waals surface area contributed by atoms with Crippen molar-refractivity contribution in [3.63, 3.8) is 0 Å². The predicted molar refractivity (Wildman–Crippen MR) is 112 cm³/mol. The van der Waals surface area contributed by atoms with Gasteiger partial charge < -0.3 is 9.47 Å². The monoisotopic (exact) mass is 367 g/mol. The Kier molecular flexibility index (Phi) is 6.56. The minimum absolute atomic E-state index is 0.0104. The molecule has 1 fully saturated rings. The van der Waals surface area contributed by atoms with Crippen molar-refractivity contribution in [3.05, 3.63) is 65.7 Å². The number of rotatable bonds is 7. The van der Waals surface area contributed by atoms with Crippen molar-refractivity contribution in [2.24, 2.45) is 0 Å². The summed E-state index contributed by atoms with van der Waals surface area (Å²) < 4.78 is 11.8. The van der Waals surface area contributed by atoms with Gasteiger partial charge in [-0.05, 0) is 43.5 Å². The van der Waals surface area contributed by atoms with Gasteiger partial charge >= 0.3 is 0 Å². The van der Waals surface area contributed by atoms with Crippen molar-refractivity contribution in [1.29, 1.82) is 0 Å². The van der Waals surface area contributed by atoms with E-state index in [1.165, 1.54) is 11.1 Å². The third-order valence-electron chi connectivity index (χ3n) is 5.45. The van der Waals surface area contributed by atoms with E-state index in [0.29, 0.717) is 12.2 Å². The summed E-state index contributed by atoms with van der Waals surface area (Å²) in [6.45, 7) is 12.7. The first-order chi connectivity index (χ1) is 12.9. The van der Waals surface area contributed by atoms with E-state index in [4.69, 9.17) is 9.47 Å². The van der Waals surface area contributed by atoms with Crippen LogP contribution in [0.25, 0.3) is 0 Å². The third-order valence-corrected chi connectivity index (χ3v) is 5.45. The van der Waals surface area contributed by atoms with Crippen molar-refractivity contribution in [2.75, 3.05) is 26.2 Å². The average Bonchev–Trinajstić information content (AvgIpc) is 2.66. The Balaban J connectivity index is 1.48. The fourth-order valence-corrected chi connectivity index (χ4v) is 3.93. The van der Waals surface area contributed by atoms with Crippen LogP contribution in [0.4, 0.5) is 0 Å². The van der Waals surface area contributed by atoms with E-state index in [2.05, 4.69) is 87.2 Å². The highest BCUT2D eigenvalue weighted by Gasteiger charge is 2.23. The summed E-state index contributed by atoms with van der Waals surface area (Å²) in [5.41, 5.74) is 2.62. The zero-order valence-corrected chi connectivity index (χ0v) is 17.2. The minimum atomic E-state index is -0.0104. The first kappa shape index (κ1) is 19.9. The normalized spacial score (nSPS) is 21.2. The van der Waals surface area contributed by atoms with E-state index in [-0.39, 0.29) is 5.41 Å². The molecule has 1 aliphatic rings. The molecule has 0 N–H and O–H groups in total. The van der Waals surface area contributed by atoms with Crippen LogP contribution in [-0.2, 0) is 10.2 Å². The van der Waals surface area contributed by atoms with Crippen LogP contribution in [0.5, 0.6) is 5.75 Å². The lowest BCUT2D eigenvalue weighted by Crippen LogP contribution is -2.45. The molecule has 3 nitrogen and oxygen atoms in total.